The summed E-state index contributed by atoms with van der Waals surface area (Å²) in [5.41, 5.74) is -15.1. The molecule has 6 nitrogen and oxygen atoms in total. The van der Waals surface area contributed by atoms with Crippen molar-refractivity contribution in [1.82, 2.24) is 8.80 Å². The predicted molar refractivity (Wildman–Crippen MR) is 82.9 cm³/mol. The van der Waals surface area contributed by atoms with Crippen LogP contribution >= 0.6 is 7.41 Å². The van der Waals surface area contributed by atoms with E-state index in [4.69, 9.17) is 0 Å². The van der Waals surface area contributed by atoms with E-state index in [0.717, 1.165) is 13.8 Å². The number of nitrogens with zero attached hydrogens (tertiary/aromatic N) is 1. The van der Waals surface area contributed by atoms with Crippen LogP contribution in [0.4, 0.5) is 26.3 Å². The zero-order chi connectivity index (χ0) is 20.7. The predicted octanol–water partition coefficient (Wildman–Crippen LogP) is 2.92. The topological polar surface area (TPSA) is 83.6 Å². The van der Waals surface area contributed by atoms with E-state index in [1.54, 1.807) is 0 Å². The van der Waals surface area contributed by atoms with Crippen molar-refractivity contribution in [3.05, 3.63) is 0 Å². The normalized spacial score (nSPS) is 15.7. The van der Waals surface area contributed by atoms with Gasteiger partial charge in [0, 0.05) is 0 Å². The molecule has 0 unspecified atom stereocenters. The molecule has 0 radical (unpaired) electrons. The van der Waals surface area contributed by atoms with Crippen molar-refractivity contribution in [3.63, 3.8) is 0 Å². The van der Waals surface area contributed by atoms with Gasteiger partial charge in [0.15, 0.2) is 0 Å². The lowest BCUT2D eigenvalue weighted by molar-refractivity contribution is -0.0578. The molecule has 0 spiro atoms. The van der Waals surface area contributed by atoms with Crippen molar-refractivity contribution in [2.75, 3.05) is 20.0 Å². The molecule has 0 aromatic rings. The Morgan fingerprint density at radius 2 is 1.08 bits per heavy atom. The minimum absolute atomic E-state index is 0.647. The zero-order valence-corrected chi connectivity index (χ0v) is 16.6. The molecule has 0 aromatic heterocycles. The Balaban J connectivity index is 7.02. The van der Waals surface area contributed by atoms with Crippen molar-refractivity contribution >= 4 is 27.5 Å². The van der Waals surface area contributed by atoms with E-state index in [9.17, 15) is 43.2 Å². The summed E-state index contributed by atoms with van der Waals surface area (Å²) in [6, 6.07) is 0. The molecule has 15 heteroatoms. The number of rotatable bonds is 7. The maximum absolute atomic E-state index is 13.0. The molecule has 0 aromatic carbocycles. The zero-order valence-electron chi connectivity index (χ0n) is 14.0. The fourth-order valence-electron chi connectivity index (χ4n) is 2.11. The lowest BCUT2D eigenvalue weighted by Crippen LogP contribution is -2.65. The number of hydrogen-bond acceptors (Lipinski definition) is 5. The average molecular weight is 441 g/mol. The highest BCUT2D eigenvalue weighted by Gasteiger charge is 2.67. The van der Waals surface area contributed by atoms with Crippen molar-refractivity contribution in [3.8, 4) is 0 Å². The average Bonchev–Trinajstić information content (AvgIpc) is 2.32. The van der Waals surface area contributed by atoms with E-state index in [1.807, 2.05) is 0 Å². The van der Waals surface area contributed by atoms with E-state index in [-0.39, 0.29) is 0 Å². The monoisotopic (exact) mass is 441 g/mol. The summed E-state index contributed by atoms with van der Waals surface area (Å²) in [4.78, 5) is 0. The maximum atomic E-state index is 13.0. The molecule has 0 aliphatic rings. The highest BCUT2D eigenvalue weighted by molar-refractivity contribution is 8.04. The van der Waals surface area contributed by atoms with Gasteiger partial charge in [0.1, 0.15) is 5.66 Å². The Bertz CT molecular complexity index is 634. The molecule has 1 N–H and O–H groups in total. The second-order valence-corrected chi connectivity index (χ2v) is 14.0. The van der Waals surface area contributed by atoms with Gasteiger partial charge in [-0.05, 0) is 12.8 Å². The molecule has 0 amide bonds. The second kappa shape index (κ2) is 7.10. The maximum Gasteiger partial charge on any atom is 0.512 e. The Kier molecular flexibility index (Phi) is 7.05. The largest absolute Gasteiger partial charge is 0.512 e. The summed E-state index contributed by atoms with van der Waals surface area (Å²) >= 11 is 0. The third-order valence-corrected chi connectivity index (χ3v) is 8.09. The van der Waals surface area contributed by atoms with Gasteiger partial charge in [-0.15, -0.1) is 0 Å². The summed E-state index contributed by atoms with van der Waals surface area (Å²) in [5.74, 6) is 0. The van der Waals surface area contributed by atoms with Gasteiger partial charge in [0.2, 0.25) is 0 Å². The second-order valence-electron chi connectivity index (χ2n) is 5.96. The number of halogens is 6. The molecular weight excluding hydrogens is 421 g/mol. The Morgan fingerprint density at radius 1 is 0.800 bits per heavy atom. The van der Waals surface area contributed by atoms with E-state index in [0.29, 0.717) is 0 Å². The van der Waals surface area contributed by atoms with Crippen LogP contribution in [0.2, 0.25) is 0 Å². The van der Waals surface area contributed by atoms with Gasteiger partial charge in [-0.2, -0.15) is 31.4 Å². The van der Waals surface area contributed by atoms with Gasteiger partial charge >= 0.3 is 31.1 Å². The summed E-state index contributed by atoms with van der Waals surface area (Å²) in [6.07, 6.45) is -1.29. The quantitative estimate of drug-likeness (QED) is 0.373. The van der Waals surface area contributed by atoms with E-state index in [1.165, 1.54) is 20.0 Å². The van der Waals surface area contributed by atoms with Crippen molar-refractivity contribution in [2.24, 2.45) is 0 Å². The molecule has 0 atom stereocenters. The summed E-state index contributed by atoms with van der Waals surface area (Å²) in [5, 5.41) is 2.40. The van der Waals surface area contributed by atoms with Crippen LogP contribution in [0.5, 0.6) is 0 Å². The number of hydrogen-bond donors (Lipinski definition) is 1. The minimum Gasteiger partial charge on any atom is -0.202 e. The molecule has 0 saturated carbocycles. The molecule has 152 valence electrons. The van der Waals surface area contributed by atoms with E-state index in [2.05, 4.69) is 5.09 Å². The molecule has 0 fully saturated rings. The van der Waals surface area contributed by atoms with Crippen LogP contribution in [0.25, 0.3) is 0 Å². The summed E-state index contributed by atoms with van der Waals surface area (Å²) in [7, 11) is -16.1. The van der Waals surface area contributed by atoms with E-state index >= 15 is 0 Å². The number of alkyl halides is 6. The van der Waals surface area contributed by atoms with Crippen molar-refractivity contribution < 1.29 is 43.2 Å². The van der Waals surface area contributed by atoms with Gasteiger partial charge in [-0.1, -0.05) is 17.6 Å². The smallest absolute Gasteiger partial charge is 0.202 e. The van der Waals surface area contributed by atoms with Crippen LogP contribution < -0.4 is 5.09 Å². The molecule has 25 heavy (non-hydrogen) atoms. The molecule has 0 aliphatic carbocycles. The van der Waals surface area contributed by atoms with Crippen LogP contribution in [0.15, 0.2) is 0 Å². The summed E-state index contributed by atoms with van der Waals surface area (Å²) in [6.45, 7) is 6.54. The van der Waals surface area contributed by atoms with Crippen molar-refractivity contribution in [2.45, 2.75) is 43.4 Å². The fraction of sp³-hybridized carbons (Fsp3) is 1.00. The third kappa shape index (κ3) is 4.96. The molecule has 0 heterocycles. The lowest BCUT2D eigenvalue weighted by Gasteiger charge is -2.42. The van der Waals surface area contributed by atoms with Gasteiger partial charge in [0.05, 0.1) is 27.4 Å². The highest BCUT2D eigenvalue weighted by Crippen LogP contribution is 2.49. The molecule has 0 rings (SSSR count). The minimum atomic E-state index is -6.85. The highest BCUT2D eigenvalue weighted by atomic mass is 32.3. The van der Waals surface area contributed by atoms with Crippen molar-refractivity contribution in [1.29, 1.82) is 0 Å². The van der Waals surface area contributed by atoms with Crippen LogP contribution in [0, 0.1) is 0 Å². The van der Waals surface area contributed by atoms with Crippen LogP contribution in [-0.2, 0) is 20.0 Å². The Morgan fingerprint density at radius 3 is 1.24 bits per heavy atom. The van der Waals surface area contributed by atoms with E-state index < -0.39 is 60.7 Å². The molecule has 0 aliphatic heterocycles. The number of nitrogens with one attached hydrogen (secondary N) is 1. The SMILES string of the molecule is CCC(CC)(N[P+](C)(C)C)N(S(=O)(=O)C(F)(F)F)S(=O)(=O)C(F)(F)F. The Labute approximate surface area is 143 Å². The fourth-order valence-corrected chi connectivity index (χ4v) is 7.35. The standard InChI is InChI=1S/C10H20F6N2O4PS2/c1-6-8(7-2,17-23(3,4)5)18(24(19,20)9(11,12)13)25(21,22)10(14,15)16/h17H,6-7H2,1-5H3/q+1. The van der Waals surface area contributed by atoms with Gasteiger partial charge in [-0.25, -0.2) is 16.8 Å². The molecule has 0 saturated heterocycles. The van der Waals surface area contributed by atoms with Crippen LogP contribution in [0.1, 0.15) is 26.7 Å². The number of sulfonamides is 2. The van der Waals surface area contributed by atoms with Crippen LogP contribution in [-0.4, -0.2) is 57.2 Å². The first-order valence-electron chi connectivity index (χ1n) is 6.73. The molecule has 0 bridgehead atoms. The lowest BCUT2D eigenvalue weighted by atomic mass is 10.1. The van der Waals surface area contributed by atoms with Gasteiger partial charge < -0.3 is 0 Å². The first-order chi connectivity index (χ1) is 10.7. The third-order valence-electron chi connectivity index (χ3n) is 3.08. The van der Waals surface area contributed by atoms with Crippen LogP contribution in [0.3, 0.4) is 0 Å². The first kappa shape index (κ1) is 24.8. The molecular formula is C10H20F6N2O4PS2+. The summed E-state index contributed by atoms with van der Waals surface area (Å²) < 4.78 is 123. The Hall–Kier alpha value is -0.170. The van der Waals surface area contributed by atoms with Gasteiger partial charge in [-0.3, -0.25) is 0 Å². The van der Waals surface area contributed by atoms with Gasteiger partial charge in [0.25, 0.3) is 0 Å². The first-order valence-corrected chi connectivity index (χ1v) is 12.7.